The van der Waals surface area contributed by atoms with Gasteiger partial charge in [-0.25, -0.2) is 8.78 Å². The molecule has 0 bridgehead atoms. The first-order chi connectivity index (χ1) is 7.66. The Hall–Kier alpha value is -1.42. The Morgan fingerprint density at radius 3 is 2.31 bits per heavy atom. The maximum atomic E-state index is 13.0. The summed E-state index contributed by atoms with van der Waals surface area (Å²) in [6.45, 7) is 0.403. The van der Waals surface area contributed by atoms with E-state index in [4.69, 9.17) is 5.11 Å². The molecule has 0 unspecified atom stereocenters. The molecule has 1 aliphatic carbocycles. The van der Waals surface area contributed by atoms with E-state index in [1.807, 2.05) is 0 Å². The minimum Gasteiger partial charge on any atom is -0.503 e. The van der Waals surface area contributed by atoms with Gasteiger partial charge in [-0.05, 0) is 30.5 Å². The molecular formula is C12H13F2NO. The number of halogens is 2. The summed E-state index contributed by atoms with van der Waals surface area (Å²) >= 11 is 0. The van der Waals surface area contributed by atoms with Crippen LogP contribution in [0.5, 0.6) is 5.75 Å². The van der Waals surface area contributed by atoms with Gasteiger partial charge in [0.25, 0.3) is 0 Å². The fourth-order valence-corrected chi connectivity index (χ4v) is 1.77. The van der Waals surface area contributed by atoms with Crippen LogP contribution in [0.4, 0.5) is 8.78 Å². The molecule has 4 heteroatoms. The van der Waals surface area contributed by atoms with Gasteiger partial charge in [0.15, 0.2) is 17.4 Å². The second kappa shape index (κ2) is 4.61. The van der Waals surface area contributed by atoms with Crippen molar-refractivity contribution in [3.8, 4) is 5.75 Å². The van der Waals surface area contributed by atoms with E-state index in [1.54, 1.807) is 0 Å². The Morgan fingerprint density at radius 2 is 1.75 bits per heavy atom. The summed E-state index contributed by atoms with van der Waals surface area (Å²) in [5.41, 5.74) is 0.500. The Balaban J connectivity index is 1.99. The van der Waals surface area contributed by atoms with E-state index in [0.29, 0.717) is 18.2 Å². The number of benzene rings is 1. The summed E-state index contributed by atoms with van der Waals surface area (Å²) < 4.78 is 26.0. The van der Waals surface area contributed by atoms with Crippen molar-refractivity contribution < 1.29 is 13.9 Å². The van der Waals surface area contributed by atoms with Crippen molar-refractivity contribution in [3.05, 3.63) is 41.5 Å². The molecule has 0 saturated carbocycles. The van der Waals surface area contributed by atoms with Crippen LogP contribution in [0.1, 0.15) is 18.4 Å². The molecule has 0 aliphatic heterocycles. The summed E-state index contributed by atoms with van der Waals surface area (Å²) in [6.07, 6.45) is 6.05. The highest BCUT2D eigenvalue weighted by Crippen LogP contribution is 2.21. The predicted molar refractivity (Wildman–Crippen MR) is 57.0 cm³/mol. The number of rotatable bonds is 3. The molecule has 0 amide bonds. The molecular weight excluding hydrogens is 212 g/mol. The van der Waals surface area contributed by atoms with Crippen LogP contribution in [0, 0.1) is 11.6 Å². The topological polar surface area (TPSA) is 32.3 Å². The van der Waals surface area contributed by atoms with E-state index in [2.05, 4.69) is 17.5 Å². The molecule has 0 radical (unpaired) electrons. The molecule has 1 aliphatic rings. The lowest BCUT2D eigenvalue weighted by Gasteiger charge is -2.12. The zero-order chi connectivity index (χ0) is 11.5. The average Bonchev–Trinajstić information content (AvgIpc) is 2.75. The van der Waals surface area contributed by atoms with E-state index >= 15 is 0 Å². The third-order valence-electron chi connectivity index (χ3n) is 2.68. The quantitative estimate of drug-likeness (QED) is 0.774. The van der Waals surface area contributed by atoms with Crippen molar-refractivity contribution in [1.82, 2.24) is 5.32 Å². The van der Waals surface area contributed by atoms with Crippen LogP contribution in [0.2, 0.25) is 0 Å². The van der Waals surface area contributed by atoms with Gasteiger partial charge in [-0.15, -0.1) is 0 Å². The Kier molecular flexibility index (Phi) is 3.19. The van der Waals surface area contributed by atoms with Gasteiger partial charge in [-0.2, -0.15) is 0 Å². The normalized spacial score (nSPS) is 15.9. The lowest BCUT2D eigenvalue weighted by atomic mass is 10.1. The second-order valence-electron chi connectivity index (χ2n) is 3.93. The van der Waals surface area contributed by atoms with Gasteiger partial charge in [-0.1, -0.05) is 12.2 Å². The Morgan fingerprint density at radius 1 is 1.19 bits per heavy atom. The van der Waals surface area contributed by atoms with E-state index in [1.165, 1.54) is 0 Å². The van der Waals surface area contributed by atoms with Gasteiger partial charge >= 0.3 is 0 Å². The van der Waals surface area contributed by atoms with Crippen LogP contribution in [0.3, 0.4) is 0 Å². The van der Waals surface area contributed by atoms with Gasteiger partial charge in [-0.3, -0.25) is 0 Å². The van der Waals surface area contributed by atoms with Gasteiger partial charge in [0.05, 0.1) is 0 Å². The monoisotopic (exact) mass is 225 g/mol. The second-order valence-corrected chi connectivity index (χ2v) is 3.93. The molecule has 0 saturated heterocycles. The van der Waals surface area contributed by atoms with Crippen molar-refractivity contribution >= 4 is 0 Å². The van der Waals surface area contributed by atoms with Crippen LogP contribution in [0.15, 0.2) is 24.3 Å². The summed E-state index contributed by atoms with van der Waals surface area (Å²) in [7, 11) is 0. The van der Waals surface area contributed by atoms with Gasteiger partial charge in [0.1, 0.15) is 0 Å². The number of hydrogen-bond acceptors (Lipinski definition) is 2. The maximum absolute atomic E-state index is 13.0. The van der Waals surface area contributed by atoms with Crippen molar-refractivity contribution in [2.24, 2.45) is 0 Å². The summed E-state index contributed by atoms with van der Waals surface area (Å²) in [4.78, 5) is 0. The van der Waals surface area contributed by atoms with Crippen LogP contribution >= 0.6 is 0 Å². The zero-order valence-corrected chi connectivity index (χ0v) is 8.71. The van der Waals surface area contributed by atoms with Crippen molar-refractivity contribution in [3.63, 3.8) is 0 Å². The van der Waals surface area contributed by atoms with Crippen LogP contribution in [0.25, 0.3) is 0 Å². The third-order valence-corrected chi connectivity index (χ3v) is 2.68. The number of phenolic OH excluding ortho intramolecular Hbond substituents is 1. The number of hydrogen-bond donors (Lipinski definition) is 2. The molecule has 0 atom stereocenters. The van der Waals surface area contributed by atoms with Gasteiger partial charge < -0.3 is 10.4 Å². The average molecular weight is 225 g/mol. The molecule has 2 N–H and O–H groups in total. The maximum Gasteiger partial charge on any atom is 0.187 e. The molecule has 1 aromatic carbocycles. The van der Waals surface area contributed by atoms with Crippen LogP contribution in [-0.4, -0.2) is 11.1 Å². The van der Waals surface area contributed by atoms with E-state index in [-0.39, 0.29) is 0 Å². The lowest BCUT2D eigenvalue weighted by molar-refractivity contribution is 0.394. The molecule has 1 aromatic rings. The highest BCUT2D eigenvalue weighted by molar-refractivity contribution is 5.30. The van der Waals surface area contributed by atoms with Crippen molar-refractivity contribution in [1.29, 1.82) is 0 Å². The summed E-state index contributed by atoms with van der Waals surface area (Å²) in [5.74, 6) is -2.74. The zero-order valence-electron chi connectivity index (χ0n) is 8.71. The van der Waals surface area contributed by atoms with E-state index in [0.717, 1.165) is 25.0 Å². The minimum absolute atomic E-state index is 0.347. The van der Waals surface area contributed by atoms with Crippen molar-refractivity contribution in [2.45, 2.75) is 25.4 Å². The fourth-order valence-electron chi connectivity index (χ4n) is 1.77. The molecule has 16 heavy (non-hydrogen) atoms. The summed E-state index contributed by atoms with van der Waals surface area (Å²) in [5, 5.41) is 12.1. The van der Waals surface area contributed by atoms with Crippen molar-refractivity contribution in [2.75, 3.05) is 0 Å². The standard InChI is InChI=1S/C12H13F2NO/c13-10-5-8(6-11(14)12(10)16)7-15-9-3-1-2-4-9/h1-2,5-6,9,15-16H,3-4,7H2. The number of phenols is 1. The molecule has 0 aromatic heterocycles. The van der Waals surface area contributed by atoms with Crippen LogP contribution < -0.4 is 5.32 Å². The molecule has 0 spiro atoms. The largest absolute Gasteiger partial charge is 0.503 e. The number of aromatic hydroxyl groups is 1. The predicted octanol–water partition coefficient (Wildman–Crippen LogP) is 2.48. The highest BCUT2D eigenvalue weighted by atomic mass is 19.1. The molecule has 0 fully saturated rings. The third kappa shape index (κ3) is 2.39. The molecule has 86 valence electrons. The van der Waals surface area contributed by atoms with Gasteiger partial charge in [0, 0.05) is 12.6 Å². The van der Waals surface area contributed by atoms with E-state index in [9.17, 15) is 8.78 Å². The highest BCUT2D eigenvalue weighted by Gasteiger charge is 2.12. The first-order valence-corrected chi connectivity index (χ1v) is 5.22. The lowest BCUT2D eigenvalue weighted by Crippen LogP contribution is -2.25. The molecule has 2 nitrogen and oxygen atoms in total. The van der Waals surface area contributed by atoms with Gasteiger partial charge in [0.2, 0.25) is 0 Å². The molecule has 0 heterocycles. The first kappa shape index (κ1) is 11.1. The van der Waals surface area contributed by atoms with Crippen LogP contribution in [-0.2, 0) is 6.54 Å². The molecule has 2 rings (SSSR count). The number of nitrogens with one attached hydrogen (secondary N) is 1. The first-order valence-electron chi connectivity index (χ1n) is 5.22. The Labute approximate surface area is 92.6 Å². The SMILES string of the molecule is Oc1c(F)cc(CNC2CC=CC2)cc1F. The Bertz CT molecular complexity index is 386. The van der Waals surface area contributed by atoms with E-state index < -0.39 is 17.4 Å². The summed E-state index contributed by atoms with van der Waals surface area (Å²) in [6, 6.07) is 2.64. The minimum atomic E-state index is -0.915. The smallest absolute Gasteiger partial charge is 0.187 e. The fraction of sp³-hybridized carbons (Fsp3) is 0.333.